The molecule has 0 saturated heterocycles. The fraction of sp³-hybridized carbons (Fsp3) is 0.533. The van der Waals surface area contributed by atoms with Crippen LogP contribution in [0.15, 0.2) is 42.5 Å². The Balaban J connectivity index is 1.45. The summed E-state index contributed by atoms with van der Waals surface area (Å²) in [6.07, 6.45) is 2.87. The number of aliphatic hydroxyl groups excluding tert-OH is 1. The molecule has 37 heavy (non-hydrogen) atoms. The lowest BCUT2D eigenvalue weighted by Crippen LogP contribution is -2.46. The fourth-order valence-corrected chi connectivity index (χ4v) is 4.96. The number of hydrogen-bond donors (Lipinski definition) is 2. The van der Waals surface area contributed by atoms with Gasteiger partial charge in [0.25, 0.3) is 0 Å². The lowest BCUT2D eigenvalue weighted by atomic mass is 9.88. The monoisotopic (exact) mass is 508 g/mol. The second-order valence-electron chi connectivity index (χ2n) is 10.7. The summed E-state index contributed by atoms with van der Waals surface area (Å²) in [4.78, 5) is 12.0. The molecule has 0 spiro atoms. The zero-order chi connectivity index (χ0) is 26.8. The molecule has 0 aliphatic heterocycles. The molecule has 2 aromatic carbocycles. The number of nitrogens with zero attached hydrogens (tertiary/aromatic N) is 1. The number of nitrogens with one attached hydrogen (secondary N) is 1. The average molecular weight is 509 g/mol. The first-order valence-electron chi connectivity index (χ1n) is 13.0. The van der Waals surface area contributed by atoms with E-state index in [1.54, 1.807) is 32.2 Å². The second-order valence-corrected chi connectivity index (χ2v) is 10.7. The maximum absolute atomic E-state index is 12.0. The standard InChI is InChI=1S/C30H40N2O5/c1-21(19-35-4)37-29(34)12-10-22-9-11-26(17-31)28(15-22)36-20-27(33)18-32-30(2,3)16-23-13-24-7-5-6-8-25(24)14-23/h5-9,11,15,21,23,27,32-33H,10,12-14,16,18-20H2,1-4H3/t21?,27-/m1/s1. The molecule has 7 nitrogen and oxygen atoms in total. The molecule has 0 bridgehead atoms. The smallest absolute Gasteiger partial charge is 0.306 e. The zero-order valence-electron chi connectivity index (χ0n) is 22.5. The van der Waals surface area contributed by atoms with Gasteiger partial charge in [-0.3, -0.25) is 4.79 Å². The van der Waals surface area contributed by atoms with Crippen molar-refractivity contribution in [3.8, 4) is 11.8 Å². The van der Waals surface area contributed by atoms with Crippen LogP contribution in [0.5, 0.6) is 5.75 Å². The largest absolute Gasteiger partial charge is 0.489 e. The van der Waals surface area contributed by atoms with Crippen LogP contribution < -0.4 is 10.1 Å². The summed E-state index contributed by atoms with van der Waals surface area (Å²) < 4.78 is 16.1. The van der Waals surface area contributed by atoms with Crippen molar-refractivity contribution in [3.05, 3.63) is 64.7 Å². The molecule has 0 fully saturated rings. The van der Waals surface area contributed by atoms with Crippen molar-refractivity contribution in [1.82, 2.24) is 5.32 Å². The van der Waals surface area contributed by atoms with Crippen LogP contribution in [0, 0.1) is 17.2 Å². The van der Waals surface area contributed by atoms with Crippen molar-refractivity contribution < 1.29 is 24.1 Å². The molecule has 1 aliphatic rings. The van der Waals surface area contributed by atoms with Crippen molar-refractivity contribution in [2.24, 2.45) is 5.92 Å². The Morgan fingerprint density at radius 1 is 1.19 bits per heavy atom. The molecule has 3 rings (SSSR count). The van der Waals surface area contributed by atoms with Crippen molar-refractivity contribution in [2.75, 3.05) is 26.9 Å². The van der Waals surface area contributed by atoms with E-state index in [-0.39, 0.29) is 30.6 Å². The van der Waals surface area contributed by atoms with Gasteiger partial charge in [-0.15, -0.1) is 0 Å². The minimum Gasteiger partial charge on any atom is -0.489 e. The molecule has 1 unspecified atom stereocenters. The van der Waals surface area contributed by atoms with Crippen LogP contribution in [0.1, 0.15) is 55.9 Å². The molecule has 0 aromatic heterocycles. The number of hydrogen-bond acceptors (Lipinski definition) is 7. The molecule has 0 saturated carbocycles. The molecular formula is C30H40N2O5. The first-order valence-corrected chi connectivity index (χ1v) is 13.0. The molecular weight excluding hydrogens is 468 g/mol. The number of fused-ring (bicyclic) bond motifs is 1. The normalized spacial score (nSPS) is 15.0. The van der Waals surface area contributed by atoms with E-state index in [1.165, 1.54) is 11.1 Å². The summed E-state index contributed by atoms with van der Waals surface area (Å²) in [6, 6.07) is 16.0. The van der Waals surface area contributed by atoms with E-state index in [9.17, 15) is 15.2 Å². The van der Waals surface area contributed by atoms with Gasteiger partial charge < -0.3 is 24.6 Å². The first-order chi connectivity index (χ1) is 17.7. The van der Waals surface area contributed by atoms with Gasteiger partial charge in [-0.05, 0) is 81.2 Å². The van der Waals surface area contributed by atoms with Gasteiger partial charge in [-0.1, -0.05) is 30.3 Å². The Morgan fingerprint density at radius 2 is 1.89 bits per heavy atom. The predicted octanol–water partition coefficient (Wildman–Crippen LogP) is 3.98. The summed E-state index contributed by atoms with van der Waals surface area (Å²) in [7, 11) is 1.56. The van der Waals surface area contributed by atoms with Crippen molar-refractivity contribution in [2.45, 2.75) is 70.6 Å². The molecule has 0 heterocycles. The molecule has 2 atom stereocenters. The molecule has 0 radical (unpaired) electrons. The maximum Gasteiger partial charge on any atom is 0.306 e. The first kappa shape index (κ1) is 28.6. The van der Waals surface area contributed by atoms with E-state index in [4.69, 9.17) is 14.2 Å². The molecule has 200 valence electrons. The van der Waals surface area contributed by atoms with E-state index < -0.39 is 6.10 Å². The van der Waals surface area contributed by atoms with Crippen LogP contribution >= 0.6 is 0 Å². The number of carbonyl (C=O) groups excluding carboxylic acids is 1. The highest BCUT2D eigenvalue weighted by molar-refractivity contribution is 5.70. The highest BCUT2D eigenvalue weighted by atomic mass is 16.6. The second kappa shape index (κ2) is 13.6. The lowest BCUT2D eigenvalue weighted by Gasteiger charge is -2.30. The Hall–Kier alpha value is -2.92. The van der Waals surface area contributed by atoms with Crippen molar-refractivity contribution in [1.29, 1.82) is 5.26 Å². The summed E-state index contributed by atoms with van der Waals surface area (Å²) in [5.74, 6) is 0.694. The summed E-state index contributed by atoms with van der Waals surface area (Å²) in [5, 5.41) is 23.5. The number of β-amino-alcohol motifs (C(OH)–C–C–N with tert-alkyl or cyclic N) is 1. The third-order valence-corrected chi connectivity index (χ3v) is 6.70. The van der Waals surface area contributed by atoms with Gasteiger partial charge >= 0.3 is 5.97 Å². The number of nitriles is 1. The number of methoxy groups -OCH3 is 1. The number of esters is 1. The lowest BCUT2D eigenvalue weighted by molar-refractivity contribution is -0.150. The molecule has 0 amide bonds. The maximum atomic E-state index is 12.0. The van der Waals surface area contributed by atoms with E-state index >= 15 is 0 Å². The van der Waals surface area contributed by atoms with Crippen LogP contribution in [-0.2, 0) is 33.5 Å². The minimum atomic E-state index is -0.729. The van der Waals surface area contributed by atoms with E-state index in [0.29, 0.717) is 36.8 Å². The van der Waals surface area contributed by atoms with Gasteiger partial charge in [0.1, 0.15) is 30.6 Å². The average Bonchev–Trinajstić information content (AvgIpc) is 3.26. The molecule has 7 heteroatoms. The van der Waals surface area contributed by atoms with Gasteiger partial charge in [0, 0.05) is 25.6 Å². The van der Waals surface area contributed by atoms with Gasteiger partial charge in [0.15, 0.2) is 0 Å². The van der Waals surface area contributed by atoms with E-state index in [0.717, 1.165) is 24.8 Å². The number of ether oxygens (including phenoxy) is 3. The van der Waals surface area contributed by atoms with Crippen LogP contribution in [0.2, 0.25) is 0 Å². The topological polar surface area (TPSA) is 101 Å². The van der Waals surface area contributed by atoms with Gasteiger partial charge in [0.2, 0.25) is 0 Å². The van der Waals surface area contributed by atoms with Gasteiger partial charge in [-0.2, -0.15) is 5.26 Å². The van der Waals surface area contributed by atoms with E-state index in [1.807, 2.05) is 0 Å². The van der Waals surface area contributed by atoms with Crippen LogP contribution in [0.4, 0.5) is 0 Å². The summed E-state index contributed by atoms with van der Waals surface area (Å²) >= 11 is 0. The highest BCUT2D eigenvalue weighted by Crippen LogP contribution is 2.32. The minimum absolute atomic E-state index is 0.0622. The van der Waals surface area contributed by atoms with Crippen molar-refractivity contribution in [3.63, 3.8) is 0 Å². The number of aliphatic hydroxyl groups is 1. The Morgan fingerprint density at radius 3 is 2.54 bits per heavy atom. The van der Waals surface area contributed by atoms with Crippen molar-refractivity contribution >= 4 is 5.97 Å². The number of benzene rings is 2. The van der Waals surface area contributed by atoms with Crippen LogP contribution in [-0.4, -0.2) is 55.7 Å². The Labute approximate surface area is 220 Å². The fourth-order valence-electron chi connectivity index (χ4n) is 4.96. The quantitative estimate of drug-likeness (QED) is 0.372. The van der Waals surface area contributed by atoms with E-state index in [2.05, 4.69) is 49.5 Å². The zero-order valence-corrected chi connectivity index (χ0v) is 22.5. The third kappa shape index (κ3) is 9.15. The van der Waals surface area contributed by atoms with Crippen LogP contribution in [0.25, 0.3) is 0 Å². The molecule has 2 aromatic rings. The SMILES string of the molecule is COCC(C)OC(=O)CCc1ccc(C#N)c(OC[C@H](O)CNC(C)(C)CC2Cc3ccccc3C2)c1. The van der Waals surface area contributed by atoms with Gasteiger partial charge in [-0.25, -0.2) is 0 Å². The summed E-state index contributed by atoms with van der Waals surface area (Å²) in [6.45, 7) is 6.92. The third-order valence-electron chi connectivity index (χ3n) is 6.70. The Kier molecular flexibility index (Phi) is 10.5. The van der Waals surface area contributed by atoms with Gasteiger partial charge in [0.05, 0.1) is 12.2 Å². The number of carbonyl (C=O) groups is 1. The Bertz CT molecular complexity index is 1050. The number of aryl methyl sites for hydroxylation is 1. The molecule has 2 N–H and O–H groups in total. The van der Waals surface area contributed by atoms with Crippen LogP contribution in [0.3, 0.4) is 0 Å². The number of rotatable bonds is 14. The highest BCUT2D eigenvalue weighted by Gasteiger charge is 2.28. The summed E-state index contributed by atoms with van der Waals surface area (Å²) in [5.41, 5.74) is 4.02. The molecule has 1 aliphatic carbocycles. The predicted molar refractivity (Wildman–Crippen MR) is 142 cm³/mol.